The van der Waals surface area contributed by atoms with E-state index in [2.05, 4.69) is 25.9 Å². The molecule has 2 aliphatic rings. The molecule has 0 bridgehead atoms. The molecular weight excluding hydrogens is 392 g/mol. The summed E-state index contributed by atoms with van der Waals surface area (Å²) in [7, 11) is 0. The first-order chi connectivity index (χ1) is 14.6. The van der Waals surface area contributed by atoms with E-state index in [1.165, 1.54) is 24.3 Å². The molecular formula is C21H17F2N5O2. The predicted molar refractivity (Wildman–Crippen MR) is 107 cm³/mol. The molecule has 152 valence electrons. The van der Waals surface area contributed by atoms with Crippen LogP contribution in [0.2, 0.25) is 0 Å². The van der Waals surface area contributed by atoms with Crippen LogP contribution in [0.25, 0.3) is 11.3 Å². The summed E-state index contributed by atoms with van der Waals surface area (Å²) in [4.78, 5) is 21.2. The van der Waals surface area contributed by atoms with Crippen LogP contribution in [0.3, 0.4) is 0 Å². The topological polar surface area (TPSA) is 88.2 Å². The molecule has 0 atom stereocenters. The molecule has 2 aliphatic heterocycles. The highest BCUT2D eigenvalue weighted by atomic mass is 19.1. The second kappa shape index (κ2) is 7.25. The lowest BCUT2D eigenvalue weighted by atomic mass is 10.1. The first-order valence-electron chi connectivity index (χ1n) is 9.51. The van der Waals surface area contributed by atoms with Gasteiger partial charge in [-0.15, -0.1) is 0 Å². The van der Waals surface area contributed by atoms with Gasteiger partial charge in [0.1, 0.15) is 17.5 Å². The summed E-state index contributed by atoms with van der Waals surface area (Å²) < 4.78 is 34.3. The van der Waals surface area contributed by atoms with Gasteiger partial charge in [0, 0.05) is 6.54 Å². The fourth-order valence-electron chi connectivity index (χ4n) is 3.56. The summed E-state index contributed by atoms with van der Waals surface area (Å²) >= 11 is 0. The maximum atomic E-state index is 14.3. The minimum absolute atomic E-state index is 0.0968. The molecule has 9 heteroatoms. The maximum absolute atomic E-state index is 14.3. The number of pyridine rings is 2. The van der Waals surface area contributed by atoms with Crippen LogP contribution in [-0.2, 0) is 6.54 Å². The van der Waals surface area contributed by atoms with Crippen LogP contribution in [0.5, 0.6) is 5.75 Å². The number of aromatic nitrogens is 2. The molecule has 3 aromatic rings. The summed E-state index contributed by atoms with van der Waals surface area (Å²) in [6.45, 7) is 1.51. The highest BCUT2D eigenvalue weighted by Crippen LogP contribution is 2.34. The number of hydrogen-bond acceptors (Lipinski definition) is 6. The Hall–Kier alpha value is -3.75. The molecule has 0 fully saturated rings. The van der Waals surface area contributed by atoms with Crippen molar-refractivity contribution in [3.8, 4) is 17.0 Å². The second-order valence-corrected chi connectivity index (χ2v) is 6.95. The number of nitrogens with one attached hydrogen (secondary N) is 3. The number of halogens is 2. The summed E-state index contributed by atoms with van der Waals surface area (Å²) in [5.74, 6) is -0.0696. The van der Waals surface area contributed by atoms with E-state index in [1.54, 1.807) is 12.1 Å². The van der Waals surface area contributed by atoms with E-state index in [9.17, 15) is 13.6 Å². The van der Waals surface area contributed by atoms with Gasteiger partial charge in [-0.2, -0.15) is 0 Å². The molecule has 3 N–H and O–H groups in total. The lowest BCUT2D eigenvalue weighted by Crippen LogP contribution is -2.13. The second-order valence-electron chi connectivity index (χ2n) is 6.95. The summed E-state index contributed by atoms with van der Waals surface area (Å²) in [6.07, 6.45) is 0.856. The Bertz CT molecular complexity index is 1150. The fourth-order valence-corrected chi connectivity index (χ4v) is 3.56. The molecule has 0 saturated carbocycles. The van der Waals surface area contributed by atoms with Crippen LogP contribution in [-0.4, -0.2) is 29.0 Å². The van der Waals surface area contributed by atoms with Crippen LogP contribution in [0.1, 0.15) is 22.5 Å². The average Bonchev–Trinajstić information content (AvgIpc) is 2.95. The summed E-state index contributed by atoms with van der Waals surface area (Å²) in [5, 5.41) is 9.00. The van der Waals surface area contributed by atoms with Gasteiger partial charge < -0.3 is 20.7 Å². The van der Waals surface area contributed by atoms with Gasteiger partial charge in [-0.1, -0.05) is 6.07 Å². The smallest absolute Gasteiger partial charge is 0.255 e. The van der Waals surface area contributed by atoms with Crippen molar-refractivity contribution in [2.24, 2.45) is 0 Å². The number of carbonyl (C=O) groups excluding carboxylic acids is 1. The van der Waals surface area contributed by atoms with Gasteiger partial charge in [0.25, 0.3) is 5.91 Å². The van der Waals surface area contributed by atoms with Crippen LogP contribution >= 0.6 is 0 Å². The van der Waals surface area contributed by atoms with Gasteiger partial charge in [-0.25, -0.2) is 18.7 Å². The number of carbonyl (C=O) groups is 1. The minimum atomic E-state index is -0.727. The van der Waals surface area contributed by atoms with Crippen LogP contribution in [0.15, 0.2) is 36.4 Å². The normalized spacial score (nSPS) is 14.7. The number of ether oxygens (including phenoxy) is 1. The minimum Gasteiger partial charge on any atom is -0.490 e. The zero-order chi connectivity index (χ0) is 20.7. The number of benzene rings is 1. The molecule has 2 aromatic heterocycles. The van der Waals surface area contributed by atoms with Gasteiger partial charge in [0.15, 0.2) is 11.6 Å². The average molecular weight is 409 g/mol. The third-order valence-electron chi connectivity index (χ3n) is 4.95. The van der Waals surface area contributed by atoms with E-state index in [-0.39, 0.29) is 23.7 Å². The van der Waals surface area contributed by atoms with E-state index < -0.39 is 11.6 Å². The first-order valence-corrected chi connectivity index (χ1v) is 9.51. The van der Waals surface area contributed by atoms with Crippen molar-refractivity contribution in [1.29, 1.82) is 0 Å². The summed E-state index contributed by atoms with van der Waals surface area (Å²) in [5.41, 5.74) is 0.970. The number of hydrogen-bond donors (Lipinski definition) is 3. The molecule has 0 radical (unpaired) electrons. The summed E-state index contributed by atoms with van der Waals surface area (Å²) in [6, 6.07) is 8.59. The molecule has 0 unspecified atom stereocenters. The molecule has 5 rings (SSSR count). The van der Waals surface area contributed by atoms with Crippen molar-refractivity contribution in [2.45, 2.75) is 13.0 Å². The van der Waals surface area contributed by atoms with Crippen LogP contribution < -0.4 is 20.7 Å². The Kier molecular flexibility index (Phi) is 4.42. The van der Waals surface area contributed by atoms with Crippen molar-refractivity contribution in [1.82, 2.24) is 15.3 Å². The molecule has 7 nitrogen and oxygen atoms in total. The Labute approximate surface area is 170 Å². The fraction of sp³-hybridized carbons (Fsp3) is 0.190. The highest BCUT2D eigenvalue weighted by molar-refractivity contribution is 6.04. The van der Waals surface area contributed by atoms with Crippen LogP contribution in [0.4, 0.5) is 26.1 Å². The molecule has 30 heavy (non-hydrogen) atoms. The quantitative estimate of drug-likeness (QED) is 0.613. The zero-order valence-electron chi connectivity index (χ0n) is 15.8. The van der Waals surface area contributed by atoms with Crippen molar-refractivity contribution < 1.29 is 18.3 Å². The number of rotatable bonds is 3. The highest BCUT2D eigenvalue weighted by Gasteiger charge is 2.27. The molecule has 0 aliphatic carbocycles. The lowest BCUT2D eigenvalue weighted by Gasteiger charge is -2.14. The van der Waals surface area contributed by atoms with Gasteiger partial charge in [0.2, 0.25) is 0 Å². The van der Waals surface area contributed by atoms with Gasteiger partial charge in [-0.3, -0.25) is 4.79 Å². The molecule has 1 aromatic carbocycles. The van der Waals surface area contributed by atoms with E-state index >= 15 is 0 Å². The first kappa shape index (κ1) is 18.3. The van der Waals surface area contributed by atoms with E-state index in [1.807, 2.05) is 0 Å². The number of fused-ring (bicyclic) bond motifs is 2. The molecule has 4 heterocycles. The predicted octanol–water partition coefficient (Wildman–Crippen LogP) is 3.60. The largest absolute Gasteiger partial charge is 0.490 e. The monoisotopic (exact) mass is 409 g/mol. The number of anilines is 3. The zero-order valence-corrected chi connectivity index (χ0v) is 15.8. The Morgan fingerprint density at radius 2 is 1.87 bits per heavy atom. The van der Waals surface area contributed by atoms with Gasteiger partial charge >= 0.3 is 0 Å². The Morgan fingerprint density at radius 3 is 2.70 bits per heavy atom. The Morgan fingerprint density at radius 1 is 1.03 bits per heavy atom. The molecule has 1 amide bonds. The number of nitrogens with zero attached hydrogens (tertiary/aromatic N) is 2. The van der Waals surface area contributed by atoms with Crippen molar-refractivity contribution in [3.05, 3.63) is 59.3 Å². The van der Waals surface area contributed by atoms with Gasteiger partial charge in [-0.05, 0) is 36.8 Å². The van der Waals surface area contributed by atoms with E-state index in [4.69, 9.17) is 4.74 Å². The number of amides is 1. The SMILES string of the molecule is O=C1NCc2nc(-c3c(F)cccc3F)cc(Nc3ccc4c(n3)NCCCO4)c21. The standard InChI is InChI=1S/C21H17F2N5O2/c22-11-3-1-4-12(23)18(11)13-9-14(19-15(26-13)10-25-21(19)29)27-17-6-5-16-20(28-17)24-7-2-8-30-16/h1,3-6,9H,2,7-8,10H2,(H,25,29)(H2,24,26,27,28). The van der Waals surface area contributed by atoms with Crippen LogP contribution in [0, 0.1) is 11.6 Å². The molecule has 0 saturated heterocycles. The van der Waals surface area contributed by atoms with Crippen molar-refractivity contribution in [2.75, 3.05) is 23.8 Å². The third kappa shape index (κ3) is 3.18. The van der Waals surface area contributed by atoms with Crippen molar-refractivity contribution in [3.63, 3.8) is 0 Å². The maximum Gasteiger partial charge on any atom is 0.255 e. The molecule has 0 spiro atoms. The van der Waals surface area contributed by atoms with E-state index in [0.29, 0.717) is 40.9 Å². The van der Waals surface area contributed by atoms with Gasteiger partial charge in [0.05, 0.1) is 41.4 Å². The lowest BCUT2D eigenvalue weighted by molar-refractivity contribution is 0.0966. The third-order valence-corrected chi connectivity index (χ3v) is 4.95. The van der Waals surface area contributed by atoms with E-state index in [0.717, 1.165) is 13.0 Å². The van der Waals surface area contributed by atoms with Crippen molar-refractivity contribution >= 4 is 23.2 Å². The Balaban J connectivity index is 1.59.